The highest BCUT2D eigenvalue weighted by Gasteiger charge is 2.40. The minimum atomic E-state index is 0.463. The Bertz CT molecular complexity index is 271. The number of rotatable bonds is 4. The fourth-order valence-electron chi connectivity index (χ4n) is 4.19. The van der Waals surface area contributed by atoms with Crippen LogP contribution in [0.4, 0.5) is 0 Å². The average molecular weight is 266 g/mol. The summed E-state index contributed by atoms with van der Waals surface area (Å²) in [5.74, 6) is 2.42. The quantitative estimate of drug-likeness (QED) is 0.837. The Hall–Kier alpha value is -0.0800. The second-order valence-corrected chi connectivity index (χ2v) is 7.80. The summed E-state index contributed by atoms with van der Waals surface area (Å²) >= 11 is 0. The zero-order valence-electron chi connectivity index (χ0n) is 13.7. The summed E-state index contributed by atoms with van der Waals surface area (Å²) in [7, 11) is 0. The lowest BCUT2D eigenvalue weighted by atomic mass is 9.83. The Morgan fingerprint density at radius 2 is 1.68 bits per heavy atom. The van der Waals surface area contributed by atoms with Crippen LogP contribution in [0.25, 0.3) is 0 Å². The fraction of sp³-hybridized carbons (Fsp3) is 1.00. The molecule has 0 amide bonds. The third kappa shape index (κ3) is 3.52. The lowest BCUT2D eigenvalue weighted by molar-refractivity contribution is 0.0563. The smallest absolute Gasteiger partial charge is 0.0309 e. The van der Waals surface area contributed by atoms with Crippen LogP contribution in [0.15, 0.2) is 0 Å². The molecular weight excluding hydrogens is 232 g/mol. The van der Waals surface area contributed by atoms with E-state index in [0.717, 1.165) is 17.8 Å². The van der Waals surface area contributed by atoms with Gasteiger partial charge in [-0.15, -0.1) is 0 Å². The van der Waals surface area contributed by atoms with E-state index in [9.17, 15) is 0 Å². The maximum Gasteiger partial charge on any atom is 0.0309 e. The highest BCUT2D eigenvalue weighted by molar-refractivity contribution is 5.00. The summed E-state index contributed by atoms with van der Waals surface area (Å²) in [6.45, 7) is 15.7. The molecule has 1 N–H and O–H groups in total. The lowest BCUT2D eigenvalue weighted by Gasteiger charge is -2.47. The van der Waals surface area contributed by atoms with Gasteiger partial charge in [-0.3, -0.25) is 4.90 Å². The topological polar surface area (TPSA) is 15.3 Å². The second-order valence-electron chi connectivity index (χ2n) is 7.80. The van der Waals surface area contributed by atoms with Crippen molar-refractivity contribution >= 4 is 0 Å². The van der Waals surface area contributed by atoms with E-state index in [1.807, 2.05) is 0 Å². The van der Waals surface area contributed by atoms with Crippen LogP contribution in [-0.2, 0) is 0 Å². The molecule has 0 radical (unpaired) electrons. The molecule has 1 saturated heterocycles. The summed E-state index contributed by atoms with van der Waals surface area (Å²) < 4.78 is 0. The third-order valence-corrected chi connectivity index (χ3v) is 5.62. The molecule has 1 heterocycles. The second kappa shape index (κ2) is 6.13. The van der Waals surface area contributed by atoms with Crippen LogP contribution in [0, 0.1) is 17.8 Å². The molecule has 1 unspecified atom stereocenters. The number of hydrogen-bond acceptors (Lipinski definition) is 2. The molecule has 1 aliphatic carbocycles. The fourth-order valence-corrected chi connectivity index (χ4v) is 4.19. The zero-order chi connectivity index (χ0) is 14.0. The van der Waals surface area contributed by atoms with Gasteiger partial charge in [0, 0.05) is 31.2 Å². The predicted octanol–water partition coefficient (Wildman–Crippen LogP) is 3.52. The van der Waals surface area contributed by atoms with Crippen LogP contribution >= 0.6 is 0 Å². The minimum Gasteiger partial charge on any atom is -0.308 e. The molecule has 1 saturated carbocycles. The van der Waals surface area contributed by atoms with Crippen LogP contribution in [0.2, 0.25) is 0 Å². The van der Waals surface area contributed by atoms with Crippen LogP contribution in [0.3, 0.4) is 0 Å². The van der Waals surface area contributed by atoms with Gasteiger partial charge in [0.05, 0.1) is 0 Å². The minimum absolute atomic E-state index is 0.463. The molecular formula is C17H34N2. The number of nitrogens with zero attached hydrogens (tertiary/aromatic N) is 1. The number of piperazine rings is 1. The van der Waals surface area contributed by atoms with Crippen LogP contribution in [0.5, 0.6) is 0 Å². The SMILES string of the molecule is CC(C)C(CN1CC2(CCCC2)NCC1C)C(C)C. The van der Waals surface area contributed by atoms with E-state index in [-0.39, 0.29) is 0 Å². The average Bonchev–Trinajstić information content (AvgIpc) is 2.78. The standard InChI is InChI=1S/C17H34N2/c1-13(2)16(14(3)4)11-19-12-17(8-6-7-9-17)18-10-15(19)5/h13-16,18H,6-12H2,1-5H3. The first kappa shape index (κ1) is 15.3. The molecule has 0 aromatic rings. The first-order chi connectivity index (χ1) is 8.93. The van der Waals surface area contributed by atoms with Crippen molar-refractivity contribution in [3.05, 3.63) is 0 Å². The van der Waals surface area contributed by atoms with Gasteiger partial charge in [-0.05, 0) is 37.5 Å². The van der Waals surface area contributed by atoms with E-state index in [0.29, 0.717) is 11.6 Å². The van der Waals surface area contributed by atoms with Crippen LogP contribution in [0.1, 0.15) is 60.3 Å². The molecule has 1 aliphatic heterocycles. The van der Waals surface area contributed by atoms with Crippen molar-refractivity contribution in [1.82, 2.24) is 10.2 Å². The largest absolute Gasteiger partial charge is 0.308 e. The van der Waals surface area contributed by atoms with Crippen molar-refractivity contribution in [3.63, 3.8) is 0 Å². The van der Waals surface area contributed by atoms with E-state index in [2.05, 4.69) is 44.8 Å². The van der Waals surface area contributed by atoms with Crippen LogP contribution in [-0.4, -0.2) is 36.1 Å². The van der Waals surface area contributed by atoms with Gasteiger partial charge in [0.2, 0.25) is 0 Å². The Kier molecular flexibility index (Phi) is 4.94. The maximum atomic E-state index is 3.86. The Morgan fingerprint density at radius 3 is 2.21 bits per heavy atom. The van der Waals surface area contributed by atoms with Gasteiger partial charge in [0.1, 0.15) is 0 Å². The van der Waals surface area contributed by atoms with Gasteiger partial charge in [-0.2, -0.15) is 0 Å². The van der Waals surface area contributed by atoms with Gasteiger partial charge >= 0.3 is 0 Å². The molecule has 2 heteroatoms. The summed E-state index contributed by atoms with van der Waals surface area (Å²) in [5, 5.41) is 3.86. The molecule has 1 atom stereocenters. The Balaban J connectivity index is 2.00. The monoisotopic (exact) mass is 266 g/mol. The molecule has 19 heavy (non-hydrogen) atoms. The van der Waals surface area contributed by atoms with Crippen molar-refractivity contribution in [1.29, 1.82) is 0 Å². The first-order valence-corrected chi connectivity index (χ1v) is 8.42. The summed E-state index contributed by atoms with van der Waals surface area (Å²) in [4.78, 5) is 2.78. The maximum absolute atomic E-state index is 3.86. The van der Waals surface area contributed by atoms with Crippen molar-refractivity contribution in [3.8, 4) is 0 Å². The lowest BCUT2D eigenvalue weighted by Crippen LogP contribution is -2.63. The molecule has 0 aromatic heterocycles. The van der Waals surface area contributed by atoms with Gasteiger partial charge in [-0.25, -0.2) is 0 Å². The first-order valence-electron chi connectivity index (χ1n) is 8.42. The zero-order valence-corrected chi connectivity index (χ0v) is 13.7. The highest BCUT2D eigenvalue weighted by Crippen LogP contribution is 2.34. The Morgan fingerprint density at radius 1 is 1.11 bits per heavy atom. The Labute approximate surface area is 120 Å². The number of hydrogen-bond donors (Lipinski definition) is 1. The summed E-state index contributed by atoms with van der Waals surface area (Å²) in [5.41, 5.74) is 0.463. The van der Waals surface area contributed by atoms with E-state index in [1.165, 1.54) is 45.3 Å². The van der Waals surface area contributed by atoms with Gasteiger partial charge in [0.15, 0.2) is 0 Å². The molecule has 1 spiro atoms. The van der Waals surface area contributed by atoms with Gasteiger partial charge in [-0.1, -0.05) is 40.5 Å². The molecule has 0 bridgehead atoms. The molecule has 2 aliphatic rings. The highest BCUT2D eigenvalue weighted by atomic mass is 15.3. The molecule has 112 valence electrons. The van der Waals surface area contributed by atoms with Gasteiger partial charge in [0.25, 0.3) is 0 Å². The summed E-state index contributed by atoms with van der Waals surface area (Å²) in [6.07, 6.45) is 5.63. The van der Waals surface area contributed by atoms with Crippen molar-refractivity contribution in [2.45, 2.75) is 71.9 Å². The van der Waals surface area contributed by atoms with Crippen LogP contribution < -0.4 is 5.32 Å². The summed E-state index contributed by atoms with van der Waals surface area (Å²) in [6, 6.07) is 0.700. The van der Waals surface area contributed by atoms with E-state index >= 15 is 0 Å². The van der Waals surface area contributed by atoms with Crippen molar-refractivity contribution in [2.24, 2.45) is 17.8 Å². The van der Waals surface area contributed by atoms with Crippen molar-refractivity contribution in [2.75, 3.05) is 19.6 Å². The van der Waals surface area contributed by atoms with Crippen molar-refractivity contribution < 1.29 is 0 Å². The van der Waals surface area contributed by atoms with E-state index in [4.69, 9.17) is 0 Å². The molecule has 0 aromatic carbocycles. The van der Waals surface area contributed by atoms with E-state index in [1.54, 1.807) is 0 Å². The molecule has 2 nitrogen and oxygen atoms in total. The van der Waals surface area contributed by atoms with Gasteiger partial charge < -0.3 is 5.32 Å². The third-order valence-electron chi connectivity index (χ3n) is 5.62. The predicted molar refractivity (Wildman–Crippen MR) is 83.4 cm³/mol. The molecule has 2 rings (SSSR count). The molecule has 2 fully saturated rings. The number of nitrogens with one attached hydrogen (secondary N) is 1. The van der Waals surface area contributed by atoms with E-state index < -0.39 is 0 Å². The normalized spacial score (nSPS) is 28.1.